The summed E-state index contributed by atoms with van der Waals surface area (Å²) in [5.74, 6) is 0.173. The maximum Gasteiger partial charge on any atom is 0.317 e. The minimum Gasteiger partial charge on any atom is -0.480 e. The Bertz CT molecular complexity index is 447. The molecule has 1 unspecified atom stereocenters. The minimum atomic E-state index is -0.765. The molecule has 0 aromatic carbocycles. The number of aliphatic carboxylic acids is 1. The second-order valence-electron chi connectivity index (χ2n) is 7.87. The third-order valence-electron chi connectivity index (χ3n) is 6.05. The van der Waals surface area contributed by atoms with Crippen molar-refractivity contribution in [2.24, 2.45) is 5.92 Å². The van der Waals surface area contributed by atoms with Crippen molar-refractivity contribution in [3.63, 3.8) is 0 Å². The highest BCUT2D eigenvalue weighted by Gasteiger charge is 2.30. The molecule has 2 N–H and O–H groups in total. The number of hydrogen-bond acceptors (Lipinski definition) is 4. The zero-order chi connectivity index (χ0) is 18.4. The van der Waals surface area contributed by atoms with E-state index in [4.69, 9.17) is 5.11 Å². The van der Waals surface area contributed by atoms with E-state index in [1.54, 1.807) is 0 Å². The van der Waals surface area contributed by atoms with E-state index in [2.05, 4.69) is 17.1 Å². The number of rotatable bonds is 7. The van der Waals surface area contributed by atoms with Gasteiger partial charge in [-0.1, -0.05) is 13.8 Å². The van der Waals surface area contributed by atoms with E-state index in [1.165, 1.54) is 12.8 Å². The summed E-state index contributed by atoms with van der Waals surface area (Å²) in [6.07, 6.45) is 6.48. The number of halogens is 1. The molecule has 7 heteroatoms. The molecule has 0 bridgehead atoms. The highest BCUT2D eigenvalue weighted by Crippen LogP contribution is 2.24. The van der Waals surface area contributed by atoms with Gasteiger partial charge in [0.2, 0.25) is 5.91 Å². The first kappa shape index (κ1) is 23.2. The normalized spacial score (nSPS) is 26.2. The van der Waals surface area contributed by atoms with E-state index in [1.807, 2.05) is 18.7 Å². The Morgan fingerprint density at radius 3 is 2.23 bits per heavy atom. The van der Waals surface area contributed by atoms with Crippen LogP contribution in [0.1, 0.15) is 59.3 Å². The Morgan fingerprint density at radius 1 is 1.15 bits per heavy atom. The Balaban J connectivity index is 0.00000338. The molecule has 2 fully saturated rings. The molecule has 1 saturated carbocycles. The first-order chi connectivity index (χ1) is 11.9. The van der Waals surface area contributed by atoms with Gasteiger partial charge in [-0.15, -0.1) is 12.4 Å². The summed E-state index contributed by atoms with van der Waals surface area (Å²) in [6.45, 7) is 8.87. The molecule has 1 saturated heterocycles. The van der Waals surface area contributed by atoms with Crippen molar-refractivity contribution in [3.05, 3.63) is 0 Å². The van der Waals surface area contributed by atoms with Crippen LogP contribution in [0.15, 0.2) is 0 Å². The number of nitrogens with one attached hydrogen (secondary N) is 1. The highest BCUT2D eigenvalue weighted by atomic mass is 35.5. The summed E-state index contributed by atoms with van der Waals surface area (Å²) < 4.78 is 0. The maximum absolute atomic E-state index is 12.6. The number of piperidine rings is 1. The molecule has 2 rings (SSSR count). The second kappa shape index (κ2) is 11.1. The predicted octanol–water partition coefficient (Wildman–Crippen LogP) is 2.36. The smallest absolute Gasteiger partial charge is 0.317 e. The van der Waals surface area contributed by atoms with Gasteiger partial charge < -0.3 is 10.4 Å². The fourth-order valence-electron chi connectivity index (χ4n) is 4.20. The van der Waals surface area contributed by atoms with Crippen molar-refractivity contribution in [3.8, 4) is 0 Å². The molecule has 2 aliphatic rings. The van der Waals surface area contributed by atoms with Gasteiger partial charge in [0.25, 0.3) is 0 Å². The van der Waals surface area contributed by atoms with E-state index < -0.39 is 5.97 Å². The van der Waals surface area contributed by atoms with Gasteiger partial charge in [0, 0.05) is 25.2 Å². The van der Waals surface area contributed by atoms with Crippen LogP contribution in [0.25, 0.3) is 0 Å². The summed E-state index contributed by atoms with van der Waals surface area (Å²) >= 11 is 0. The molecule has 1 amide bonds. The summed E-state index contributed by atoms with van der Waals surface area (Å²) in [4.78, 5) is 27.8. The standard InChI is InChI=1S/C19H35N3O3.ClH/c1-4-21(13-18(23)24)17-9-11-22(12-10-17)15(3)19(25)20-16-7-5-14(2)6-8-16;/h14-17H,4-13H2,1-3H3,(H,20,25)(H,23,24);1H. The number of likely N-dealkylation sites (N-methyl/N-ethyl adjacent to an activating group) is 1. The highest BCUT2D eigenvalue weighted by molar-refractivity contribution is 5.85. The molecule has 0 radical (unpaired) electrons. The minimum absolute atomic E-state index is 0. The fourth-order valence-corrected chi connectivity index (χ4v) is 4.20. The van der Waals surface area contributed by atoms with Gasteiger partial charge in [-0.25, -0.2) is 0 Å². The van der Waals surface area contributed by atoms with Crippen LogP contribution in [0.2, 0.25) is 0 Å². The third kappa shape index (κ3) is 6.71. The van der Waals surface area contributed by atoms with E-state index >= 15 is 0 Å². The molecular formula is C19H36ClN3O3. The van der Waals surface area contributed by atoms with Crippen molar-refractivity contribution in [2.75, 3.05) is 26.2 Å². The van der Waals surface area contributed by atoms with Crippen LogP contribution in [-0.4, -0.2) is 71.1 Å². The van der Waals surface area contributed by atoms with Crippen molar-refractivity contribution in [1.82, 2.24) is 15.1 Å². The number of carboxylic acids is 1. The monoisotopic (exact) mass is 389 g/mol. The molecule has 152 valence electrons. The van der Waals surface area contributed by atoms with Crippen molar-refractivity contribution < 1.29 is 14.7 Å². The summed E-state index contributed by atoms with van der Waals surface area (Å²) in [6, 6.07) is 0.553. The van der Waals surface area contributed by atoms with E-state index in [-0.39, 0.29) is 30.9 Å². The van der Waals surface area contributed by atoms with Gasteiger partial charge >= 0.3 is 5.97 Å². The number of likely N-dealkylation sites (tertiary alicyclic amines) is 1. The Kier molecular flexibility index (Phi) is 9.90. The molecule has 1 aliphatic heterocycles. The summed E-state index contributed by atoms with van der Waals surface area (Å²) in [7, 11) is 0. The van der Waals surface area contributed by atoms with Gasteiger partial charge in [0.15, 0.2) is 0 Å². The van der Waals surface area contributed by atoms with Crippen LogP contribution in [0.3, 0.4) is 0 Å². The van der Waals surface area contributed by atoms with E-state index in [0.29, 0.717) is 12.1 Å². The SMILES string of the molecule is CCN(CC(=O)O)C1CCN(C(C)C(=O)NC2CCC(C)CC2)CC1.Cl. The predicted molar refractivity (Wildman–Crippen MR) is 106 cm³/mol. The third-order valence-corrected chi connectivity index (χ3v) is 6.05. The topological polar surface area (TPSA) is 72.9 Å². The van der Waals surface area contributed by atoms with Crippen LogP contribution in [0.4, 0.5) is 0 Å². The zero-order valence-corrected chi connectivity index (χ0v) is 17.3. The van der Waals surface area contributed by atoms with Crippen LogP contribution in [-0.2, 0) is 9.59 Å². The average Bonchev–Trinajstić information content (AvgIpc) is 2.61. The lowest BCUT2D eigenvalue weighted by Gasteiger charge is -2.40. The molecule has 0 aromatic rings. The van der Waals surface area contributed by atoms with E-state index in [9.17, 15) is 9.59 Å². The van der Waals surface area contributed by atoms with Crippen LogP contribution in [0.5, 0.6) is 0 Å². The first-order valence-corrected chi connectivity index (χ1v) is 9.91. The number of carboxylic acid groups (broad SMARTS) is 1. The van der Waals surface area contributed by atoms with Gasteiger partial charge in [-0.2, -0.15) is 0 Å². The van der Waals surface area contributed by atoms with Gasteiger partial charge in [-0.05, 0) is 57.9 Å². The lowest BCUT2D eigenvalue weighted by Crippen LogP contribution is -2.53. The quantitative estimate of drug-likeness (QED) is 0.699. The van der Waals surface area contributed by atoms with Gasteiger partial charge in [-0.3, -0.25) is 19.4 Å². The van der Waals surface area contributed by atoms with E-state index in [0.717, 1.165) is 51.2 Å². The zero-order valence-electron chi connectivity index (χ0n) is 16.4. The summed E-state index contributed by atoms with van der Waals surface area (Å²) in [5, 5.41) is 12.3. The van der Waals surface area contributed by atoms with Crippen molar-refractivity contribution in [2.45, 2.75) is 77.4 Å². The lowest BCUT2D eigenvalue weighted by molar-refractivity contribution is -0.139. The van der Waals surface area contributed by atoms with Crippen LogP contribution in [0, 0.1) is 5.92 Å². The summed E-state index contributed by atoms with van der Waals surface area (Å²) in [5.41, 5.74) is 0. The fraction of sp³-hybridized carbons (Fsp3) is 0.895. The van der Waals surface area contributed by atoms with Crippen LogP contribution >= 0.6 is 12.4 Å². The number of amides is 1. The van der Waals surface area contributed by atoms with Gasteiger partial charge in [0.1, 0.15) is 0 Å². The average molecular weight is 390 g/mol. The molecule has 0 spiro atoms. The molecule has 26 heavy (non-hydrogen) atoms. The largest absolute Gasteiger partial charge is 0.480 e. The first-order valence-electron chi connectivity index (χ1n) is 9.91. The number of carbonyl (C=O) groups excluding carboxylic acids is 1. The lowest BCUT2D eigenvalue weighted by atomic mass is 9.87. The van der Waals surface area contributed by atoms with Crippen LogP contribution < -0.4 is 5.32 Å². The molecule has 1 aliphatic carbocycles. The number of nitrogens with zero attached hydrogens (tertiary/aromatic N) is 2. The Hall–Kier alpha value is -0.850. The molecule has 1 heterocycles. The molecular weight excluding hydrogens is 354 g/mol. The molecule has 6 nitrogen and oxygen atoms in total. The number of carbonyl (C=O) groups is 2. The molecule has 1 atom stereocenters. The van der Waals surface area contributed by atoms with Crippen molar-refractivity contribution >= 4 is 24.3 Å². The van der Waals surface area contributed by atoms with Gasteiger partial charge in [0.05, 0.1) is 12.6 Å². The van der Waals surface area contributed by atoms with Crippen molar-refractivity contribution in [1.29, 1.82) is 0 Å². The maximum atomic E-state index is 12.6. The number of hydrogen-bond donors (Lipinski definition) is 2. The second-order valence-corrected chi connectivity index (χ2v) is 7.87. The Morgan fingerprint density at radius 2 is 1.73 bits per heavy atom. The molecule has 0 aromatic heterocycles. The Labute approximate surface area is 164 Å².